The number of benzene rings is 2. The molecule has 0 unspecified atom stereocenters. The normalized spacial score (nSPS) is 11.1. The van der Waals surface area contributed by atoms with E-state index >= 15 is 0 Å². The van der Waals surface area contributed by atoms with Crippen LogP contribution in [0.4, 0.5) is 5.69 Å². The van der Waals surface area contributed by atoms with Crippen molar-refractivity contribution in [2.45, 2.75) is 32.6 Å². The van der Waals surface area contributed by atoms with Crippen molar-refractivity contribution < 1.29 is 14.3 Å². The monoisotopic (exact) mass is 430 g/mol. The van der Waals surface area contributed by atoms with Crippen LogP contribution in [0.25, 0.3) is 21.9 Å². The van der Waals surface area contributed by atoms with Crippen LogP contribution in [0, 0.1) is 18.3 Å². The van der Waals surface area contributed by atoms with E-state index in [2.05, 4.69) is 21.7 Å². The van der Waals surface area contributed by atoms with Gasteiger partial charge in [-0.3, -0.25) is 4.79 Å². The Labute approximate surface area is 186 Å². The van der Waals surface area contributed by atoms with Gasteiger partial charge in [0.2, 0.25) is 5.91 Å². The first-order valence-electron chi connectivity index (χ1n) is 10.8. The Hall–Kier alpha value is -3.76. The quantitative estimate of drug-likeness (QED) is 0.286. The number of amides is 1. The Morgan fingerprint density at radius 2 is 2.03 bits per heavy atom. The summed E-state index contributed by atoms with van der Waals surface area (Å²) < 4.78 is 5.24. The Kier molecular flexibility index (Phi) is 6.43. The number of furan rings is 1. The molecule has 0 spiro atoms. The molecule has 2 aromatic heterocycles. The van der Waals surface area contributed by atoms with E-state index in [1.54, 1.807) is 19.1 Å². The fourth-order valence-electron chi connectivity index (χ4n) is 3.86. The number of fused-ring (bicyclic) bond motifs is 2. The van der Waals surface area contributed by atoms with Gasteiger partial charge in [-0.1, -0.05) is 0 Å². The van der Waals surface area contributed by atoms with Crippen molar-refractivity contribution in [3.05, 3.63) is 59.3 Å². The van der Waals surface area contributed by atoms with Crippen LogP contribution in [-0.4, -0.2) is 29.1 Å². The summed E-state index contributed by atoms with van der Waals surface area (Å²) in [6.07, 6.45) is 5.38. The minimum absolute atomic E-state index is 0.0608. The van der Waals surface area contributed by atoms with Crippen molar-refractivity contribution in [2.75, 3.05) is 18.4 Å². The molecule has 0 saturated carbocycles. The maximum atomic E-state index is 12.2. The van der Waals surface area contributed by atoms with Gasteiger partial charge in [-0.05, 0) is 74.7 Å². The third-order valence-corrected chi connectivity index (χ3v) is 5.67. The highest BCUT2D eigenvalue weighted by Crippen LogP contribution is 2.31. The standard InChI is InChI=1S/C25H26N4O3/c1-16-20-13-19(6-8-23(20)32-25(16)31)29-24(30)9-11-27-10-3-2-4-18-15-28-22-7-5-17(14-26)12-21(18)22/h5-8,12-13,15,27-28,31H,2-4,9-11H2,1H3,(H,29,30). The molecule has 1 amide bonds. The van der Waals surface area contributed by atoms with Crippen LogP contribution in [0.1, 0.15) is 36.0 Å². The molecular weight excluding hydrogens is 404 g/mol. The number of H-pyrrole nitrogens is 1. The number of rotatable bonds is 9. The zero-order chi connectivity index (χ0) is 22.5. The van der Waals surface area contributed by atoms with E-state index in [1.165, 1.54) is 5.56 Å². The SMILES string of the molecule is Cc1c(O)oc2ccc(NC(=O)CCNCCCCc3c[nH]c4ccc(C#N)cc34)cc12. The molecule has 0 bridgehead atoms. The first-order chi connectivity index (χ1) is 15.5. The Morgan fingerprint density at radius 1 is 1.16 bits per heavy atom. The van der Waals surface area contributed by atoms with Gasteiger partial charge in [0.05, 0.1) is 11.6 Å². The Morgan fingerprint density at radius 3 is 2.88 bits per heavy atom. The van der Waals surface area contributed by atoms with Gasteiger partial charge in [-0.2, -0.15) is 5.26 Å². The molecule has 4 N–H and O–H groups in total. The van der Waals surface area contributed by atoms with Gasteiger partial charge in [0.15, 0.2) is 0 Å². The van der Waals surface area contributed by atoms with E-state index in [1.807, 2.05) is 30.5 Å². The fraction of sp³-hybridized carbons (Fsp3) is 0.280. The van der Waals surface area contributed by atoms with Gasteiger partial charge in [0.25, 0.3) is 5.95 Å². The van der Waals surface area contributed by atoms with Gasteiger partial charge in [-0.15, -0.1) is 0 Å². The number of nitrogens with zero attached hydrogens (tertiary/aromatic N) is 1. The fourth-order valence-corrected chi connectivity index (χ4v) is 3.86. The largest absolute Gasteiger partial charge is 0.480 e. The van der Waals surface area contributed by atoms with E-state index in [0.717, 1.165) is 42.1 Å². The number of carbonyl (C=O) groups is 1. The first kappa shape index (κ1) is 21.5. The van der Waals surface area contributed by atoms with Gasteiger partial charge in [0, 0.05) is 46.7 Å². The summed E-state index contributed by atoms with van der Waals surface area (Å²) in [6, 6.07) is 13.2. The molecule has 2 heterocycles. The molecule has 7 nitrogen and oxygen atoms in total. The van der Waals surface area contributed by atoms with Crippen LogP contribution in [0.5, 0.6) is 5.95 Å². The molecule has 0 fully saturated rings. The molecule has 7 heteroatoms. The van der Waals surface area contributed by atoms with Gasteiger partial charge < -0.3 is 25.1 Å². The minimum Gasteiger partial charge on any atom is -0.480 e. The Balaban J connectivity index is 1.16. The number of carbonyl (C=O) groups excluding carboxylic acids is 1. The first-order valence-corrected chi connectivity index (χ1v) is 10.8. The highest BCUT2D eigenvalue weighted by Gasteiger charge is 2.11. The van der Waals surface area contributed by atoms with Crippen molar-refractivity contribution in [3.63, 3.8) is 0 Å². The molecule has 0 radical (unpaired) electrons. The maximum Gasteiger partial charge on any atom is 0.285 e. The molecular formula is C25H26N4O3. The zero-order valence-electron chi connectivity index (χ0n) is 18.0. The summed E-state index contributed by atoms with van der Waals surface area (Å²) in [7, 11) is 0. The highest BCUT2D eigenvalue weighted by atomic mass is 16.5. The van der Waals surface area contributed by atoms with Gasteiger partial charge >= 0.3 is 0 Å². The van der Waals surface area contributed by atoms with Gasteiger partial charge in [0.1, 0.15) is 5.58 Å². The summed E-state index contributed by atoms with van der Waals surface area (Å²) >= 11 is 0. The van der Waals surface area contributed by atoms with Crippen molar-refractivity contribution in [1.82, 2.24) is 10.3 Å². The number of aromatic amines is 1. The van der Waals surface area contributed by atoms with Crippen LogP contribution in [0.2, 0.25) is 0 Å². The molecule has 4 rings (SSSR count). The number of nitrogens with one attached hydrogen (secondary N) is 3. The number of aromatic nitrogens is 1. The van der Waals surface area contributed by atoms with Crippen LogP contribution < -0.4 is 10.6 Å². The van der Waals surface area contributed by atoms with Crippen LogP contribution in [0.3, 0.4) is 0 Å². The number of hydrogen-bond acceptors (Lipinski definition) is 5. The van der Waals surface area contributed by atoms with Crippen LogP contribution in [-0.2, 0) is 11.2 Å². The second kappa shape index (κ2) is 9.58. The summed E-state index contributed by atoms with van der Waals surface area (Å²) in [6.45, 7) is 3.23. The average molecular weight is 431 g/mol. The molecule has 0 atom stereocenters. The van der Waals surface area contributed by atoms with Crippen LogP contribution in [0.15, 0.2) is 47.0 Å². The van der Waals surface area contributed by atoms with E-state index in [4.69, 9.17) is 9.68 Å². The molecule has 4 aromatic rings. The summed E-state index contributed by atoms with van der Waals surface area (Å²) in [5.74, 6) is -0.154. The third-order valence-electron chi connectivity index (χ3n) is 5.67. The van der Waals surface area contributed by atoms with Crippen molar-refractivity contribution in [2.24, 2.45) is 0 Å². The summed E-state index contributed by atoms with van der Waals surface area (Å²) in [5, 5.41) is 26.9. The molecule has 0 aliphatic heterocycles. The topological polar surface area (TPSA) is 114 Å². The second-order valence-corrected chi connectivity index (χ2v) is 7.93. The smallest absolute Gasteiger partial charge is 0.285 e. The minimum atomic E-state index is -0.0933. The van der Waals surface area contributed by atoms with Crippen LogP contribution >= 0.6 is 0 Å². The summed E-state index contributed by atoms with van der Waals surface area (Å²) in [4.78, 5) is 15.5. The lowest BCUT2D eigenvalue weighted by atomic mass is 10.1. The van der Waals surface area contributed by atoms with E-state index in [0.29, 0.717) is 35.4 Å². The molecule has 164 valence electrons. The number of hydrogen-bond donors (Lipinski definition) is 4. The molecule has 0 saturated heterocycles. The number of unbranched alkanes of at least 4 members (excludes halogenated alkanes) is 1. The third kappa shape index (κ3) is 4.76. The van der Waals surface area contributed by atoms with E-state index < -0.39 is 0 Å². The average Bonchev–Trinajstić information content (AvgIpc) is 3.33. The number of aromatic hydroxyl groups is 1. The lowest BCUT2D eigenvalue weighted by molar-refractivity contribution is -0.116. The predicted octanol–water partition coefficient (Wildman–Crippen LogP) is 4.74. The number of aryl methyl sites for hydroxylation is 2. The van der Waals surface area contributed by atoms with E-state index in [9.17, 15) is 9.90 Å². The van der Waals surface area contributed by atoms with Crippen molar-refractivity contribution in [3.8, 4) is 12.0 Å². The Bertz CT molecular complexity index is 1300. The zero-order valence-corrected chi connectivity index (χ0v) is 18.0. The predicted molar refractivity (Wildman–Crippen MR) is 125 cm³/mol. The molecule has 2 aromatic carbocycles. The van der Waals surface area contributed by atoms with Crippen molar-refractivity contribution in [1.29, 1.82) is 5.26 Å². The molecule has 32 heavy (non-hydrogen) atoms. The van der Waals surface area contributed by atoms with Gasteiger partial charge in [-0.25, -0.2) is 0 Å². The number of nitriles is 1. The molecule has 0 aliphatic carbocycles. The van der Waals surface area contributed by atoms with Crippen molar-refractivity contribution >= 4 is 33.5 Å². The lowest BCUT2D eigenvalue weighted by Crippen LogP contribution is -2.22. The van der Waals surface area contributed by atoms with E-state index in [-0.39, 0.29) is 11.9 Å². The number of anilines is 1. The molecule has 0 aliphatic rings. The summed E-state index contributed by atoms with van der Waals surface area (Å²) in [5.41, 5.74) is 4.91. The second-order valence-electron chi connectivity index (χ2n) is 7.93. The lowest BCUT2D eigenvalue weighted by Gasteiger charge is -2.07. The maximum absolute atomic E-state index is 12.2. The highest BCUT2D eigenvalue weighted by molar-refractivity contribution is 5.94.